The molecule has 1 saturated heterocycles. The molecule has 12 aliphatic rings. The number of imidazole rings is 1. The van der Waals surface area contributed by atoms with Gasteiger partial charge in [-0.15, -0.1) is 0 Å². The Kier molecular flexibility index (Phi) is 9.02. The van der Waals surface area contributed by atoms with Gasteiger partial charge >= 0.3 is 0 Å². The molecule has 15 heteroatoms. The molecule has 0 amide bonds. The monoisotopic (exact) mass is 1010 g/mol. The fraction of sp³-hybridized carbons (Fsp3) is 0.533. The zero-order valence-corrected chi connectivity index (χ0v) is 42.1. The Morgan fingerprint density at radius 1 is 0.840 bits per heavy atom. The van der Waals surface area contributed by atoms with Crippen LogP contribution in [0.3, 0.4) is 0 Å². The summed E-state index contributed by atoms with van der Waals surface area (Å²) in [6, 6.07) is 6.26. The van der Waals surface area contributed by atoms with E-state index in [0.717, 1.165) is 112 Å². The van der Waals surface area contributed by atoms with Crippen molar-refractivity contribution in [3.63, 3.8) is 0 Å². The van der Waals surface area contributed by atoms with E-state index in [9.17, 15) is 30.6 Å². The minimum atomic E-state index is -2.44. The third-order valence-corrected chi connectivity index (χ3v) is 22.0. The van der Waals surface area contributed by atoms with E-state index in [1.54, 1.807) is 43.7 Å². The van der Waals surface area contributed by atoms with Gasteiger partial charge in [-0.25, -0.2) is 9.97 Å². The second-order valence-electron chi connectivity index (χ2n) is 25.1. The van der Waals surface area contributed by atoms with Gasteiger partial charge in [0.25, 0.3) is 5.79 Å². The van der Waals surface area contributed by atoms with Crippen LogP contribution in [0.4, 0.5) is 5.82 Å². The molecule has 7 heterocycles. The van der Waals surface area contributed by atoms with Crippen molar-refractivity contribution in [1.29, 1.82) is 0 Å². The standard InChI is InChI=1S/C60H63N5O10/c1-28-19-33-42(37(66)20-28)48(69)44-38-21-32-30(43(44)47(33)68)11-18-62-53(32)63-25-40(67)58-15-6-8-35(58)41-31-10-9-29-7-2-3-14-57(29,39-24-61-27-64-39)50(31)65-46(41)34-22-59(74-38)51(71)49(70)52(72)60(75-59)45(34)36(58)23-56(54(60)73)17-16-55(26-56)12-4-5-13-55/h11,18-22,24,27,29,35,40,49,51-52,54,65-67,70-73H,2-10,12-17,23,25-26H2,1H3,(H,61,64)(H,62,63)/t29-,35+,40-,49+,51+,52-,54+,56-,57+,58-,59+,60-/m0/s1. The molecule has 0 unspecified atom stereocenters. The highest BCUT2D eigenvalue weighted by molar-refractivity contribution is 6.34. The van der Waals surface area contributed by atoms with Crippen molar-refractivity contribution in [1.82, 2.24) is 19.9 Å². The second kappa shape index (κ2) is 14.9. The lowest BCUT2D eigenvalue weighted by Crippen LogP contribution is -2.78. The highest BCUT2D eigenvalue weighted by Crippen LogP contribution is 2.74. The number of H-pyrrole nitrogens is 2. The van der Waals surface area contributed by atoms with Gasteiger partial charge in [-0.2, -0.15) is 0 Å². The predicted octanol–water partition coefficient (Wildman–Crippen LogP) is 7.37. The number of aryl methyl sites for hydroxylation is 1. The first-order valence-corrected chi connectivity index (χ1v) is 27.8. The Morgan fingerprint density at radius 3 is 2.51 bits per heavy atom. The number of rotatable bonds is 1. The number of aromatic amines is 2. The van der Waals surface area contributed by atoms with E-state index in [0.29, 0.717) is 64.9 Å². The highest BCUT2D eigenvalue weighted by atomic mass is 16.7. The van der Waals surface area contributed by atoms with Gasteiger partial charge in [0.05, 0.1) is 35.1 Å². The van der Waals surface area contributed by atoms with Gasteiger partial charge in [0.15, 0.2) is 17.5 Å². The van der Waals surface area contributed by atoms with E-state index >= 15 is 9.59 Å². The lowest BCUT2D eigenvalue weighted by molar-refractivity contribution is -0.366. The maximum atomic E-state index is 15.3. The topological polar surface area (TPSA) is 243 Å². The molecule has 12 atom stereocenters. The number of carbonyl (C=O) groups is 2. The van der Waals surface area contributed by atoms with Crippen molar-refractivity contribution < 1.29 is 49.7 Å². The summed E-state index contributed by atoms with van der Waals surface area (Å²) < 4.78 is 14.9. The van der Waals surface area contributed by atoms with Crippen LogP contribution in [0.15, 0.2) is 60.2 Å². The number of anilines is 1. The van der Waals surface area contributed by atoms with Crippen molar-refractivity contribution >= 4 is 33.7 Å². The third kappa shape index (κ3) is 5.34. The molecule has 15 nitrogen and oxygen atoms in total. The second-order valence-corrected chi connectivity index (χ2v) is 25.1. The molecule has 8 aliphatic carbocycles. The van der Waals surface area contributed by atoms with Gasteiger partial charge in [-0.3, -0.25) is 9.59 Å². The molecule has 4 saturated carbocycles. The first-order chi connectivity index (χ1) is 36.2. The predicted molar refractivity (Wildman–Crippen MR) is 273 cm³/mol. The van der Waals surface area contributed by atoms with E-state index in [-0.39, 0.29) is 51.6 Å². The number of fused-ring (bicyclic) bond motifs is 11. The molecular formula is C60H63N5O10. The number of hydrogen-bond acceptors (Lipinski definition) is 13. The van der Waals surface area contributed by atoms with Gasteiger partial charge in [-0.1, -0.05) is 37.7 Å². The largest absolute Gasteiger partial charge is 0.507 e. The number of phenolic OH excluding ortho intramolecular Hbond substituents is 1. The molecule has 9 N–H and O–H groups in total. The zero-order valence-electron chi connectivity index (χ0n) is 42.1. The number of aliphatic hydroxyl groups is 5. The van der Waals surface area contributed by atoms with E-state index < -0.39 is 69.7 Å². The minimum absolute atomic E-state index is 0.00504. The fourth-order valence-electron chi connectivity index (χ4n) is 19.1. The summed E-state index contributed by atoms with van der Waals surface area (Å²) in [5, 5.41) is 82.8. The molecule has 2 aromatic carbocycles. The van der Waals surface area contributed by atoms with Crippen LogP contribution < -0.4 is 10.1 Å². The number of phenols is 1. The summed E-state index contributed by atoms with van der Waals surface area (Å²) in [6.45, 7) is 1.76. The van der Waals surface area contributed by atoms with Crippen LogP contribution >= 0.6 is 0 Å². The van der Waals surface area contributed by atoms with E-state index in [1.807, 2.05) is 6.20 Å². The van der Waals surface area contributed by atoms with E-state index in [1.165, 1.54) is 11.6 Å². The number of ether oxygens (including phenoxy) is 2. The molecule has 8 bridgehead atoms. The van der Waals surface area contributed by atoms with Crippen LogP contribution in [0.25, 0.3) is 16.3 Å². The van der Waals surface area contributed by atoms with Crippen molar-refractivity contribution in [3.05, 3.63) is 116 Å². The van der Waals surface area contributed by atoms with Crippen molar-refractivity contribution in [2.75, 3.05) is 11.9 Å². The van der Waals surface area contributed by atoms with E-state index in [2.05, 4.69) is 20.3 Å². The van der Waals surface area contributed by atoms with Crippen LogP contribution in [-0.4, -0.2) is 111 Å². The molecule has 17 rings (SSSR count). The smallest absolute Gasteiger partial charge is 0.261 e. The number of hydrogen-bond donors (Lipinski definition) is 9. The summed E-state index contributed by atoms with van der Waals surface area (Å²) in [6.07, 6.45) is 13.3. The maximum absolute atomic E-state index is 15.3. The molecule has 75 heavy (non-hydrogen) atoms. The molecule has 3 aromatic heterocycles. The summed E-state index contributed by atoms with van der Waals surface area (Å²) in [7, 11) is 0. The summed E-state index contributed by atoms with van der Waals surface area (Å²) in [5.74, 6) is -3.85. The van der Waals surface area contributed by atoms with Gasteiger partial charge in [0, 0.05) is 68.9 Å². The van der Waals surface area contributed by atoms with Crippen LogP contribution in [0.1, 0.15) is 174 Å². The Bertz CT molecular complexity index is 3460. The number of nitrogens with one attached hydrogen (secondary N) is 3. The average Bonchev–Trinajstić information content (AvgIpc) is 4.47. The lowest BCUT2D eigenvalue weighted by Gasteiger charge is -2.64. The maximum Gasteiger partial charge on any atom is 0.261 e. The van der Waals surface area contributed by atoms with E-state index in [4.69, 9.17) is 14.5 Å². The number of ketones is 2. The quantitative estimate of drug-likeness (QED) is 0.0783. The molecule has 388 valence electrons. The Labute approximate surface area is 432 Å². The number of aromatic nitrogens is 4. The molecule has 5 fully saturated rings. The summed E-state index contributed by atoms with van der Waals surface area (Å²) in [4.78, 5) is 47.6. The fourth-order valence-corrected chi connectivity index (χ4v) is 19.1. The number of nitrogens with zero attached hydrogens (tertiary/aromatic N) is 2. The molecule has 5 aromatic rings. The highest BCUT2D eigenvalue weighted by Gasteiger charge is 2.76. The molecule has 4 aliphatic heterocycles. The first kappa shape index (κ1) is 45.5. The summed E-state index contributed by atoms with van der Waals surface area (Å²) in [5.41, 5.74) is 2.88. The van der Waals surface area contributed by atoms with Crippen molar-refractivity contribution in [3.8, 4) is 11.5 Å². The number of pyridine rings is 1. The molecule has 5 spiro atoms. The third-order valence-electron chi connectivity index (χ3n) is 22.0. The Morgan fingerprint density at radius 2 is 1.68 bits per heavy atom. The Hall–Kier alpha value is -5.68. The van der Waals surface area contributed by atoms with Crippen LogP contribution in [0.2, 0.25) is 0 Å². The van der Waals surface area contributed by atoms with Gasteiger partial charge in [0.1, 0.15) is 29.5 Å². The summed E-state index contributed by atoms with van der Waals surface area (Å²) >= 11 is 0. The molecule has 0 radical (unpaired) electrons. The van der Waals surface area contributed by atoms with Crippen molar-refractivity contribution in [2.45, 2.75) is 169 Å². The zero-order chi connectivity index (χ0) is 50.9. The number of carbonyl (C=O) groups excluding carboxylic acids is 2. The average molecular weight is 1010 g/mol. The van der Waals surface area contributed by atoms with Gasteiger partial charge in [0.2, 0.25) is 5.78 Å². The van der Waals surface area contributed by atoms with Crippen LogP contribution in [-0.2, 0) is 16.6 Å². The van der Waals surface area contributed by atoms with Gasteiger partial charge < -0.3 is 55.4 Å². The molecular weight excluding hydrogens is 951 g/mol. The minimum Gasteiger partial charge on any atom is -0.507 e. The van der Waals surface area contributed by atoms with Gasteiger partial charge in [-0.05, 0) is 159 Å². The lowest BCUT2D eigenvalue weighted by atomic mass is 9.50. The number of aromatic hydroxyl groups is 1. The SMILES string of the molecule is Cc1cc(O)c2c(c1)C(=O)c1c(c3cc4c(nccc14)NC[C@H](O)[C@@]14CCC[C@@H]1c1c([nH]c5c1CC[C@@H]1CCCC[C@@]51c1cnc[nH]1)C1=C[C@@]5(O3)O[C@@]3(C1=C4C[C@]1(CCC4(CCCC4)C1)[C@H]3O)[C@@H](O)[C@H](O)[C@H]5O)C2=O. The van der Waals surface area contributed by atoms with Crippen molar-refractivity contribution in [2.24, 2.45) is 22.2 Å². The number of benzene rings is 2. The normalized spacial score (nSPS) is 38.4. The first-order valence-electron chi connectivity index (χ1n) is 27.8. The number of aliphatic hydroxyl groups excluding tert-OH is 5. The Balaban J connectivity index is 1.04. The van der Waals surface area contributed by atoms with Crippen LogP contribution in [0.5, 0.6) is 11.5 Å². The van der Waals surface area contributed by atoms with Crippen LogP contribution in [0, 0.1) is 29.1 Å².